The SMILES string of the molecule is Cc1ccc(S(=O)(=O)N2CCOC[C@H]2c2ccccc2)cc1. The van der Waals surface area contributed by atoms with Crippen LogP contribution < -0.4 is 0 Å². The van der Waals surface area contributed by atoms with Crippen molar-refractivity contribution in [3.8, 4) is 0 Å². The Morgan fingerprint density at radius 1 is 1.05 bits per heavy atom. The zero-order valence-electron chi connectivity index (χ0n) is 12.5. The van der Waals surface area contributed by atoms with Crippen molar-refractivity contribution >= 4 is 10.0 Å². The van der Waals surface area contributed by atoms with Crippen molar-refractivity contribution in [2.75, 3.05) is 19.8 Å². The average Bonchev–Trinajstić information content (AvgIpc) is 2.56. The molecule has 1 aliphatic heterocycles. The highest BCUT2D eigenvalue weighted by Gasteiger charge is 2.34. The molecule has 0 bridgehead atoms. The average molecular weight is 317 g/mol. The summed E-state index contributed by atoms with van der Waals surface area (Å²) in [4.78, 5) is 0.334. The fraction of sp³-hybridized carbons (Fsp3) is 0.294. The normalized spacial score (nSPS) is 20.0. The van der Waals surface area contributed by atoms with Gasteiger partial charge in [0.2, 0.25) is 10.0 Å². The highest BCUT2D eigenvalue weighted by molar-refractivity contribution is 7.89. The molecule has 4 nitrogen and oxygen atoms in total. The first-order valence-corrected chi connectivity index (χ1v) is 8.74. The van der Waals surface area contributed by atoms with Crippen LogP contribution in [0.2, 0.25) is 0 Å². The van der Waals surface area contributed by atoms with Crippen molar-refractivity contribution in [3.63, 3.8) is 0 Å². The zero-order chi connectivity index (χ0) is 15.6. The predicted molar refractivity (Wildman–Crippen MR) is 85.1 cm³/mol. The van der Waals surface area contributed by atoms with Crippen LogP contribution in [0.5, 0.6) is 0 Å². The second-order valence-electron chi connectivity index (χ2n) is 5.43. The fourth-order valence-electron chi connectivity index (χ4n) is 2.66. The van der Waals surface area contributed by atoms with Crippen molar-refractivity contribution in [3.05, 3.63) is 65.7 Å². The van der Waals surface area contributed by atoms with Gasteiger partial charge in [-0.1, -0.05) is 48.0 Å². The van der Waals surface area contributed by atoms with E-state index in [0.29, 0.717) is 24.7 Å². The molecule has 1 fully saturated rings. The summed E-state index contributed by atoms with van der Waals surface area (Å²) in [7, 11) is -3.52. The summed E-state index contributed by atoms with van der Waals surface area (Å²) in [6.45, 7) is 3.12. The number of sulfonamides is 1. The molecular weight excluding hydrogens is 298 g/mol. The smallest absolute Gasteiger partial charge is 0.243 e. The third-order valence-electron chi connectivity index (χ3n) is 3.89. The number of hydrogen-bond acceptors (Lipinski definition) is 3. The van der Waals surface area contributed by atoms with Crippen LogP contribution in [0.15, 0.2) is 59.5 Å². The van der Waals surface area contributed by atoms with Crippen molar-refractivity contribution in [1.82, 2.24) is 4.31 Å². The van der Waals surface area contributed by atoms with Gasteiger partial charge in [-0.05, 0) is 24.6 Å². The Labute approximate surface area is 131 Å². The third kappa shape index (κ3) is 2.92. The number of rotatable bonds is 3. The summed E-state index contributed by atoms with van der Waals surface area (Å²) in [6.07, 6.45) is 0. The standard InChI is InChI=1S/C17H19NO3S/c1-14-7-9-16(10-8-14)22(19,20)18-11-12-21-13-17(18)15-5-3-2-4-6-15/h2-10,17H,11-13H2,1H3/t17-/m0/s1. The molecule has 3 rings (SSSR count). The van der Waals surface area contributed by atoms with E-state index in [4.69, 9.17) is 4.74 Å². The molecule has 1 aliphatic rings. The molecular formula is C17H19NO3S. The predicted octanol–water partition coefficient (Wildman–Crippen LogP) is 2.76. The molecule has 5 heteroatoms. The van der Waals surface area contributed by atoms with E-state index in [9.17, 15) is 8.42 Å². The molecule has 0 amide bonds. The van der Waals surface area contributed by atoms with E-state index in [0.717, 1.165) is 11.1 Å². The highest BCUT2D eigenvalue weighted by Crippen LogP contribution is 2.30. The number of aryl methyl sites for hydroxylation is 1. The van der Waals surface area contributed by atoms with Gasteiger partial charge in [0, 0.05) is 6.54 Å². The number of morpholine rings is 1. The van der Waals surface area contributed by atoms with Gasteiger partial charge in [0.15, 0.2) is 0 Å². The molecule has 0 aliphatic carbocycles. The van der Waals surface area contributed by atoms with Crippen molar-refractivity contribution in [2.45, 2.75) is 17.9 Å². The molecule has 2 aromatic rings. The zero-order valence-corrected chi connectivity index (χ0v) is 13.3. The van der Waals surface area contributed by atoms with Crippen LogP contribution in [0.1, 0.15) is 17.2 Å². The third-order valence-corrected chi connectivity index (χ3v) is 5.81. The molecule has 0 radical (unpaired) electrons. The summed E-state index contributed by atoms with van der Waals surface area (Å²) < 4.78 is 33.0. The van der Waals surface area contributed by atoms with E-state index in [1.54, 1.807) is 16.4 Å². The van der Waals surface area contributed by atoms with E-state index in [1.807, 2.05) is 49.4 Å². The maximum Gasteiger partial charge on any atom is 0.243 e. The topological polar surface area (TPSA) is 46.6 Å². The molecule has 0 saturated carbocycles. The van der Waals surface area contributed by atoms with Gasteiger partial charge in [-0.25, -0.2) is 8.42 Å². The number of benzene rings is 2. The monoisotopic (exact) mass is 317 g/mol. The molecule has 2 aromatic carbocycles. The first-order valence-electron chi connectivity index (χ1n) is 7.30. The van der Waals surface area contributed by atoms with Crippen LogP contribution in [0, 0.1) is 6.92 Å². The molecule has 1 saturated heterocycles. The first kappa shape index (κ1) is 15.2. The minimum atomic E-state index is -3.52. The Morgan fingerprint density at radius 2 is 1.73 bits per heavy atom. The minimum Gasteiger partial charge on any atom is -0.378 e. The lowest BCUT2D eigenvalue weighted by Crippen LogP contribution is -2.43. The van der Waals surface area contributed by atoms with Crippen LogP contribution in [0.25, 0.3) is 0 Å². The van der Waals surface area contributed by atoms with E-state index in [2.05, 4.69) is 0 Å². The van der Waals surface area contributed by atoms with Gasteiger partial charge in [-0.15, -0.1) is 0 Å². The van der Waals surface area contributed by atoms with Crippen LogP contribution in [-0.4, -0.2) is 32.5 Å². The Morgan fingerprint density at radius 3 is 2.41 bits per heavy atom. The molecule has 0 unspecified atom stereocenters. The van der Waals surface area contributed by atoms with Gasteiger partial charge in [-0.2, -0.15) is 4.31 Å². The summed E-state index contributed by atoms with van der Waals surface area (Å²) >= 11 is 0. The van der Waals surface area contributed by atoms with Crippen LogP contribution >= 0.6 is 0 Å². The highest BCUT2D eigenvalue weighted by atomic mass is 32.2. The van der Waals surface area contributed by atoms with Crippen LogP contribution in [0.3, 0.4) is 0 Å². The molecule has 0 spiro atoms. The van der Waals surface area contributed by atoms with Gasteiger partial charge in [0.05, 0.1) is 24.2 Å². The van der Waals surface area contributed by atoms with Gasteiger partial charge >= 0.3 is 0 Å². The molecule has 1 heterocycles. The lowest BCUT2D eigenvalue weighted by molar-refractivity contribution is 0.0321. The van der Waals surface area contributed by atoms with Crippen LogP contribution in [-0.2, 0) is 14.8 Å². The maximum atomic E-state index is 13.0. The second kappa shape index (κ2) is 6.20. The lowest BCUT2D eigenvalue weighted by atomic mass is 10.1. The Bertz CT molecular complexity index is 726. The summed E-state index contributed by atoms with van der Waals surface area (Å²) in [6, 6.07) is 16.3. The number of hydrogen-bond donors (Lipinski definition) is 0. The van der Waals surface area contributed by atoms with Crippen molar-refractivity contribution < 1.29 is 13.2 Å². The van der Waals surface area contributed by atoms with Gasteiger partial charge < -0.3 is 4.74 Å². The minimum absolute atomic E-state index is 0.277. The second-order valence-corrected chi connectivity index (χ2v) is 7.32. The number of nitrogens with zero attached hydrogens (tertiary/aromatic N) is 1. The molecule has 116 valence electrons. The summed E-state index contributed by atoms with van der Waals surface area (Å²) in [5.41, 5.74) is 2.00. The quantitative estimate of drug-likeness (QED) is 0.874. The van der Waals surface area contributed by atoms with Gasteiger partial charge in [-0.3, -0.25) is 0 Å². The largest absolute Gasteiger partial charge is 0.378 e. The summed E-state index contributed by atoms with van der Waals surface area (Å²) in [5.74, 6) is 0. The van der Waals surface area contributed by atoms with Crippen LogP contribution in [0.4, 0.5) is 0 Å². The molecule has 0 aromatic heterocycles. The Balaban J connectivity index is 1.98. The Hall–Kier alpha value is -1.69. The van der Waals surface area contributed by atoms with E-state index in [-0.39, 0.29) is 6.04 Å². The van der Waals surface area contributed by atoms with Crippen molar-refractivity contribution in [1.29, 1.82) is 0 Å². The molecule has 1 atom stereocenters. The fourth-order valence-corrected chi connectivity index (χ4v) is 4.24. The Kier molecular flexibility index (Phi) is 4.29. The van der Waals surface area contributed by atoms with Crippen molar-refractivity contribution in [2.24, 2.45) is 0 Å². The number of ether oxygens (including phenoxy) is 1. The first-order chi connectivity index (χ1) is 10.6. The molecule has 0 N–H and O–H groups in total. The van der Waals surface area contributed by atoms with Gasteiger partial charge in [0.25, 0.3) is 0 Å². The maximum absolute atomic E-state index is 13.0. The molecule has 22 heavy (non-hydrogen) atoms. The summed E-state index contributed by atoms with van der Waals surface area (Å²) in [5, 5.41) is 0. The van der Waals surface area contributed by atoms with E-state index >= 15 is 0 Å². The lowest BCUT2D eigenvalue weighted by Gasteiger charge is -2.34. The van der Waals surface area contributed by atoms with E-state index in [1.165, 1.54) is 0 Å². The van der Waals surface area contributed by atoms with E-state index < -0.39 is 10.0 Å². The van der Waals surface area contributed by atoms with Gasteiger partial charge in [0.1, 0.15) is 0 Å².